The van der Waals surface area contributed by atoms with E-state index in [-0.39, 0.29) is 17.1 Å². The van der Waals surface area contributed by atoms with E-state index in [4.69, 9.17) is 11.6 Å². The first-order valence-electron chi connectivity index (χ1n) is 8.50. The van der Waals surface area contributed by atoms with Gasteiger partial charge in [0.05, 0.1) is 6.42 Å². The molecular weight excluding hydrogens is 339 g/mol. The number of amides is 1. The maximum absolute atomic E-state index is 12.9. The number of carbonyl (C=O) groups is 1. The molecule has 0 unspecified atom stereocenters. The summed E-state index contributed by atoms with van der Waals surface area (Å²) in [5.74, 6) is -0.140. The average Bonchev–Trinajstić information content (AvgIpc) is 2.50. The largest absolute Gasteiger partial charge is 0.341 e. The molecule has 0 aliphatic carbocycles. The number of benzene rings is 2. The van der Waals surface area contributed by atoms with Crippen LogP contribution in [0.3, 0.4) is 0 Å². The van der Waals surface area contributed by atoms with E-state index in [9.17, 15) is 9.18 Å². The van der Waals surface area contributed by atoms with Crippen molar-refractivity contribution in [2.24, 2.45) is 5.41 Å². The van der Waals surface area contributed by atoms with Crippen molar-refractivity contribution in [1.82, 2.24) is 9.80 Å². The number of carbonyl (C=O) groups excluding carboxylic acids is 1. The minimum absolute atomic E-state index is 0.130. The van der Waals surface area contributed by atoms with Gasteiger partial charge >= 0.3 is 0 Å². The van der Waals surface area contributed by atoms with E-state index < -0.39 is 0 Å². The minimum Gasteiger partial charge on any atom is -0.341 e. The van der Waals surface area contributed by atoms with Gasteiger partial charge in [-0.2, -0.15) is 0 Å². The van der Waals surface area contributed by atoms with Crippen molar-refractivity contribution in [3.05, 3.63) is 70.5 Å². The van der Waals surface area contributed by atoms with Crippen molar-refractivity contribution in [2.45, 2.75) is 13.0 Å². The van der Waals surface area contributed by atoms with Crippen LogP contribution in [-0.2, 0) is 17.8 Å². The predicted molar refractivity (Wildman–Crippen MR) is 95.8 cm³/mol. The van der Waals surface area contributed by atoms with Crippen LogP contribution in [0.2, 0.25) is 5.02 Å². The van der Waals surface area contributed by atoms with Crippen molar-refractivity contribution in [2.75, 3.05) is 26.2 Å². The van der Waals surface area contributed by atoms with Gasteiger partial charge in [0, 0.05) is 43.2 Å². The Morgan fingerprint density at radius 1 is 1.04 bits per heavy atom. The van der Waals surface area contributed by atoms with Crippen molar-refractivity contribution in [3.63, 3.8) is 0 Å². The van der Waals surface area contributed by atoms with Gasteiger partial charge in [0.25, 0.3) is 0 Å². The molecule has 2 aromatic carbocycles. The molecule has 0 bridgehead atoms. The average molecular weight is 359 g/mol. The topological polar surface area (TPSA) is 23.6 Å². The zero-order chi connectivity index (χ0) is 17.4. The first-order valence-corrected chi connectivity index (χ1v) is 8.88. The fourth-order valence-corrected chi connectivity index (χ4v) is 4.15. The van der Waals surface area contributed by atoms with Crippen LogP contribution in [0.15, 0.2) is 48.5 Å². The smallest absolute Gasteiger partial charge is 0.227 e. The summed E-state index contributed by atoms with van der Waals surface area (Å²) in [6, 6.07) is 14.1. The molecule has 0 radical (unpaired) electrons. The van der Waals surface area contributed by atoms with Crippen LogP contribution >= 0.6 is 11.6 Å². The van der Waals surface area contributed by atoms with Crippen LogP contribution in [0.25, 0.3) is 0 Å². The molecule has 2 saturated heterocycles. The van der Waals surface area contributed by atoms with Crippen LogP contribution in [0.5, 0.6) is 0 Å². The van der Waals surface area contributed by atoms with E-state index in [0.29, 0.717) is 6.42 Å². The highest BCUT2D eigenvalue weighted by molar-refractivity contribution is 6.30. The quantitative estimate of drug-likeness (QED) is 0.836. The van der Waals surface area contributed by atoms with E-state index >= 15 is 0 Å². The number of likely N-dealkylation sites (tertiary alicyclic amines) is 2. The molecule has 1 spiro atoms. The second-order valence-electron chi connectivity index (χ2n) is 7.33. The molecule has 2 aromatic rings. The summed E-state index contributed by atoms with van der Waals surface area (Å²) in [6.45, 7) is 4.63. The maximum Gasteiger partial charge on any atom is 0.227 e. The number of halogens is 2. The fourth-order valence-electron chi connectivity index (χ4n) is 3.94. The summed E-state index contributed by atoms with van der Waals surface area (Å²) in [7, 11) is 0. The second-order valence-corrected chi connectivity index (χ2v) is 7.76. The molecule has 3 nitrogen and oxygen atoms in total. The normalized spacial score (nSPS) is 18.7. The maximum atomic E-state index is 12.9. The summed E-state index contributed by atoms with van der Waals surface area (Å²) in [5.41, 5.74) is 2.37. The lowest BCUT2D eigenvalue weighted by molar-refractivity contribution is -0.159. The van der Waals surface area contributed by atoms with E-state index in [2.05, 4.69) is 11.0 Å². The Morgan fingerprint density at radius 3 is 2.44 bits per heavy atom. The Morgan fingerprint density at radius 2 is 1.76 bits per heavy atom. The first-order chi connectivity index (χ1) is 12.0. The Hall–Kier alpha value is -1.91. The number of rotatable bonds is 4. The Labute approximate surface area is 152 Å². The lowest BCUT2D eigenvalue weighted by Gasteiger charge is -2.60. The van der Waals surface area contributed by atoms with Crippen LogP contribution in [0.1, 0.15) is 11.1 Å². The van der Waals surface area contributed by atoms with Crippen LogP contribution < -0.4 is 0 Å². The van der Waals surface area contributed by atoms with Gasteiger partial charge < -0.3 is 4.90 Å². The van der Waals surface area contributed by atoms with Crippen LogP contribution in [0, 0.1) is 11.2 Å². The highest BCUT2D eigenvalue weighted by atomic mass is 35.5. The molecule has 0 saturated carbocycles. The molecule has 5 heteroatoms. The third-order valence-corrected chi connectivity index (χ3v) is 5.32. The SMILES string of the molecule is O=C(Cc1ccc(F)cc1)N1CC2(CN(Cc3cccc(Cl)c3)C2)C1. The fraction of sp³-hybridized carbons (Fsp3) is 0.350. The minimum atomic E-state index is -0.270. The third kappa shape index (κ3) is 3.55. The third-order valence-electron chi connectivity index (χ3n) is 5.09. The number of nitrogens with zero attached hydrogens (tertiary/aromatic N) is 2. The zero-order valence-corrected chi connectivity index (χ0v) is 14.7. The molecule has 0 N–H and O–H groups in total. The lowest BCUT2D eigenvalue weighted by Crippen LogP contribution is -2.72. The van der Waals surface area contributed by atoms with E-state index in [0.717, 1.165) is 43.3 Å². The molecule has 2 fully saturated rings. The van der Waals surface area contributed by atoms with Crippen molar-refractivity contribution < 1.29 is 9.18 Å². The molecule has 2 aliphatic rings. The van der Waals surface area contributed by atoms with Gasteiger partial charge in [0.1, 0.15) is 5.82 Å². The first kappa shape index (κ1) is 16.6. The van der Waals surface area contributed by atoms with Gasteiger partial charge in [-0.15, -0.1) is 0 Å². The van der Waals surface area contributed by atoms with E-state index in [1.807, 2.05) is 23.1 Å². The second kappa shape index (κ2) is 6.43. The van der Waals surface area contributed by atoms with Crippen molar-refractivity contribution in [3.8, 4) is 0 Å². The molecule has 2 aliphatic heterocycles. The van der Waals surface area contributed by atoms with Gasteiger partial charge in [0.2, 0.25) is 5.91 Å². The molecule has 130 valence electrons. The molecule has 0 aromatic heterocycles. The lowest BCUT2D eigenvalue weighted by atomic mass is 9.72. The zero-order valence-electron chi connectivity index (χ0n) is 13.9. The summed E-state index contributed by atoms with van der Waals surface area (Å²) < 4.78 is 12.9. The highest BCUT2D eigenvalue weighted by Crippen LogP contribution is 2.40. The molecular formula is C20H20ClFN2O. The predicted octanol–water partition coefficient (Wildman–Crippen LogP) is 3.37. The molecule has 2 heterocycles. The van der Waals surface area contributed by atoms with Crippen molar-refractivity contribution in [1.29, 1.82) is 0 Å². The van der Waals surface area contributed by atoms with E-state index in [1.165, 1.54) is 17.7 Å². The van der Waals surface area contributed by atoms with Gasteiger partial charge in [-0.3, -0.25) is 9.69 Å². The van der Waals surface area contributed by atoms with Gasteiger partial charge in [-0.05, 0) is 35.4 Å². The Kier molecular flexibility index (Phi) is 4.26. The summed E-state index contributed by atoms with van der Waals surface area (Å²) in [4.78, 5) is 16.6. The molecule has 4 rings (SSSR count). The van der Waals surface area contributed by atoms with Gasteiger partial charge in [-0.1, -0.05) is 35.9 Å². The Bertz CT molecular complexity index is 779. The molecule has 25 heavy (non-hydrogen) atoms. The highest BCUT2D eigenvalue weighted by Gasteiger charge is 2.52. The molecule has 1 amide bonds. The summed E-state index contributed by atoms with van der Waals surface area (Å²) in [5, 5.41) is 0.772. The monoisotopic (exact) mass is 358 g/mol. The summed E-state index contributed by atoms with van der Waals surface area (Å²) >= 11 is 6.03. The van der Waals surface area contributed by atoms with Crippen LogP contribution in [-0.4, -0.2) is 41.9 Å². The summed E-state index contributed by atoms with van der Waals surface area (Å²) in [6.07, 6.45) is 0.350. The standard InChI is InChI=1S/C20H20ClFN2O/c21-17-3-1-2-16(8-17)10-23-11-20(12-23)13-24(14-20)19(25)9-15-4-6-18(22)7-5-15/h1-8H,9-14H2. The van der Waals surface area contributed by atoms with Crippen LogP contribution in [0.4, 0.5) is 4.39 Å². The number of hydrogen-bond acceptors (Lipinski definition) is 2. The Balaban J connectivity index is 1.24. The van der Waals surface area contributed by atoms with Gasteiger partial charge in [0.15, 0.2) is 0 Å². The number of hydrogen-bond donors (Lipinski definition) is 0. The van der Waals surface area contributed by atoms with Crippen molar-refractivity contribution >= 4 is 17.5 Å². The van der Waals surface area contributed by atoms with E-state index in [1.54, 1.807) is 12.1 Å². The molecule has 0 atom stereocenters. The van der Waals surface area contributed by atoms with Gasteiger partial charge in [-0.25, -0.2) is 4.39 Å².